The molecule has 8 bridgehead atoms. The summed E-state index contributed by atoms with van der Waals surface area (Å²) in [5.74, 6) is 5.86. The van der Waals surface area contributed by atoms with Gasteiger partial charge in [0.15, 0.2) is 0 Å². The van der Waals surface area contributed by atoms with Gasteiger partial charge in [-0.3, -0.25) is 0 Å². The fourth-order valence-electron chi connectivity index (χ4n) is 12.1. The minimum absolute atomic E-state index is 0.457. The van der Waals surface area contributed by atoms with Gasteiger partial charge in [0.25, 0.3) is 0 Å². The lowest BCUT2D eigenvalue weighted by Gasteiger charge is -2.71. The SMILES string of the molecule is C(=CC12CC3CC(C1)CC(C1C4CC5CC(C4)CC1(C=Cc1ccccc1)C5)(C3)C2)c1ccccc1. The van der Waals surface area contributed by atoms with E-state index in [1.807, 2.05) is 0 Å². The van der Waals surface area contributed by atoms with E-state index >= 15 is 0 Å². The molecule has 2 aromatic rings. The van der Waals surface area contributed by atoms with E-state index in [-0.39, 0.29) is 0 Å². The predicted octanol–water partition coefficient (Wildman–Crippen LogP) is 9.44. The molecule has 0 aromatic heterocycles. The molecule has 0 amide bonds. The van der Waals surface area contributed by atoms with Crippen LogP contribution < -0.4 is 0 Å². The van der Waals surface area contributed by atoms with Gasteiger partial charge in [-0.2, -0.15) is 0 Å². The largest absolute Gasteiger partial charge is 0.0777 e. The van der Waals surface area contributed by atoms with E-state index in [2.05, 4.69) is 85.0 Å². The molecule has 8 aliphatic carbocycles. The lowest BCUT2D eigenvalue weighted by Crippen LogP contribution is -2.63. The van der Waals surface area contributed by atoms with Crippen LogP contribution in [-0.2, 0) is 0 Å². The molecule has 8 aliphatic rings. The van der Waals surface area contributed by atoms with Gasteiger partial charge in [0, 0.05) is 0 Å². The molecule has 8 fully saturated rings. The number of hydrogen-bond donors (Lipinski definition) is 0. The van der Waals surface area contributed by atoms with Crippen molar-refractivity contribution < 1.29 is 0 Å². The second-order valence-electron chi connectivity index (χ2n) is 14.5. The molecule has 0 N–H and O–H groups in total. The van der Waals surface area contributed by atoms with Crippen LogP contribution in [0.25, 0.3) is 12.2 Å². The van der Waals surface area contributed by atoms with Crippen LogP contribution in [0.3, 0.4) is 0 Å². The van der Waals surface area contributed by atoms with Gasteiger partial charge in [-0.15, -0.1) is 0 Å². The molecule has 5 atom stereocenters. The Balaban J connectivity index is 1.18. The first-order chi connectivity index (χ1) is 17.6. The van der Waals surface area contributed by atoms with Gasteiger partial charge < -0.3 is 0 Å². The van der Waals surface area contributed by atoms with Crippen molar-refractivity contribution in [2.24, 2.45) is 51.8 Å². The summed E-state index contributed by atoms with van der Waals surface area (Å²) in [5.41, 5.74) is 4.29. The molecule has 0 aliphatic heterocycles. The third-order valence-corrected chi connectivity index (χ3v) is 12.0. The quantitative estimate of drug-likeness (QED) is 0.405. The van der Waals surface area contributed by atoms with Crippen LogP contribution in [0.15, 0.2) is 72.8 Å². The topological polar surface area (TPSA) is 0 Å². The highest BCUT2D eigenvalue weighted by Gasteiger charge is 2.67. The molecular weight excluding hydrogens is 432 g/mol. The molecule has 10 rings (SSSR count). The smallest absolute Gasteiger partial charge is 0.00734 e. The van der Waals surface area contributed by atoms with Crippen molar-refractivity contribution in [3.05, 3.63) is 83.9 Å². The van der Waals surface area contributed by atoms with E-state index in [1.54, 1.807) is 25.7 Å². The highest BCUT2D eigenvalue weighted by atomic mass is 14.7. The van der Waals surface area contributed by atoms with E-state index in [1.165, 1.54) is 56.1 Å². The number of rotatable bonds is 5. The molecule has 186 valence electrons. The Morgan fingerprint density at radius 1 is 0.556 bits per heavy atom. The Morgan fingerprint density at radius 2 is 1.11 bits per heavy atom. The van der Waals surface area contributed by atoms with Crippen molar-refractivity contribution in [2.75, 3.05) is 0 Å². The van der Waals surface area contributed by atoms with E-state index in [4.69, 9.17) is 0 Å². The van der Waals surface area contributed by atoms with Crippen LogP contribution in [0.2, 0.25) is 0 Å². The maximum absolute atomic E-state index is 2.79. The van der Waals surface area contributed by atoms with Gasteiger partial charge in [0.05, 0.1) is 0 Å². The average Bonchev–Trinajstić information content (AvgIpc) is 2.86. The molecule has 0 radical (unpaired) electrons. The fraction of sp³-hybridized carbons (Fsp3) is 0.556. The van der Waals surface area contributed by atoms with Crippen LogP contribution in [0.1, 0.15) is 81.8 Å². The molecular formula is C36H42. The van der Waals surface area contributed by atoms with Crippen molar-refractivity contribution in [1.82, 2.24) is 0 Å². The highest BCUT2D eigenvalue weighted by Crippen LogP contribution is 2.76. The van der Waals surface area contributed by atoms with E-state index in [0.717, 1.165) is 35.5 Å². The second kappa shape index (κ2) is 7.96. The van der Waals surface area contributed by atoms with Crippen molar-refractivity contribution >= 4 is 12.2 Å². The average molecular weight is 475 g/mol. The molecule has 0 heteroatoms. The minimum atomic E-state index is 0.457. The van der Waals surface area contributed by atoms with E-state index in [9.17, 15) is 0 Å². The van der Waals surface area contributed by atoms with Gasteiger partial charge in [-0.25, -0.2) is 0 Å². The summed E-state index contributed by atoms with van der Waals surface area (Å²) in [6.45, 7) is 0. The molecule has 0 nitrogen and oxygen atoms in total. The van der Waals surface area contributed by atoms with Crippen LogP contribution in [-0.4, -0.2) is 0 Å². The zero-order valence-corrected chi connectivity index (χ0v) is 21.8. The fourth-order valence-corrected chi connectivity index (χ4v) is 12.1. The van der Waals surface area contributed by atoms with E-state index < -0.39 is 0 Å². The molecule has 0 saturated heterocycles. The summed E-state index contributed by atoms with van der Waals surface area (Å²) in [5, 5.41) is 0. The Kier molecular flexibility index (Phi) is 4.85. The summed E-state index contributed by atoms with van der Waals surface area (Å²) < 4.78 is 0. The lowest BCUT2D eigenvalue weighted by molar-refractivity contribution is -0.202. The standard InChI is InChI=1S/C36H42/c1-3-7-26(8-4-1)11-13-34-19-30-16-31(20-34)24-36(23-30,25-34)33-32-17-28-15-29(18-32)22-35(33,21-28)14-12-27-9-5-2-6-10-27/h1-14,28-33H,15-25H2. The first-order valence-electron chi connectivity index (χ1n) is 15.1. The predicted molar refractivity (Wildman–Crippen MR) is 150 cm³/mol. The van der Waals surface area contributed by atoms with E-state index in [0.29, 0.717) is 16.2 Å². The lowest BCUT2D eigenvalue weighted by atomic mass is 9.33. The maximum atomic E-state index is 2.79. The van der Waals surface area contributed by atoms with Gasteiger partial charge in [-0.1, -0.05) is 85.0 Å². The van der Waals surface area contributed by atoms with Crippen molar-refractivity contribution in [1.29, 1.82) is 0 Å². The number of hydrogen-bond acceptors (Lipinski definition) is 0. The third-order valence-electron chi connectivity index (χ3n) is 12.0. The van der Waals surface area contributed by atoms with Gasteiger partial charge >= 0.3 is 0 Å². The highest BCUT2D eigenvalue weighted by molar-refractivity contribution is 5.51. The van der Waals surface area contributed by atoms with Crippen LogP contribution >= 0.6 is 0 Å². The summed E-state index contributed by atoms with van der Waals surface area (Å²) in [6, 6.07) is 22.3. The molecule has 2 aromatic carbocycles. The van der Waals surface area contributed by atoms with Crippen molar-refractivity contribution in [2.45, 2.75) is 70.6 Å². The Bertz CT molecular complexity index is 1140. The first-order valence-corrected chi connectivity index (χ1v) is 15.1. The van der Waals surface area contributed by atoms with Crippen LogP contribution in [0.5, 0.6) is 0 Å². The Labute approximate surface area is 218 Å². The number of allylic oxidation sites excluding steroid dienone is 2. The Hall–Kier alpha value is -2.08. The van der Waals surface area contributed by atoms with Crippen molar-refractivity contribution in [3.8, 4) is 0 Å². The van der Waals surface area contributed by atoms with Crippen LogP contribution in [0, 0.1) is 51.8 Å². The summed E-state index contributed by atoms with van der Waals surface area (Å²) in [4.78, 5) is 0. The molecule has 8 saturated carbocycles. The first kappa shape index (κ1) is 22.0. The third kappa shape index (κ3) is 3.46. The zero-order chi connectivity index (χ0) is 23.8. The Morgan fingerprint density at radius 3 is 1.72 bits per heavy atom. The van der Waals surface area contributed by atoms with Gasteiger partial charge in [0.1, 0.15) is 0 Å². The van der Waals surface area contributed by atoms with Crippen molar-refractivity contribution in [3.63, 3.8) is 0 Å². The molecule has 36 heavy (non-hydrogen) atoms. The second-order valence-corrected chi connectivity index (χ2v) is 14.5. The molecule has 5 unspecified atom stereocenters. The molecule has 0 spiro atoms. The zero-order valence-electron chi connectivity index (χ0n) is 21.8. The normalized spacial score (nSPS) is 46.3. The monoisotopic (exact) mass is 474 g/mol. The summed E-state index contributed by atoms with van der Waals surface area (Å²) >= 11 is 0. The molecule has 0 heterocycles. The summed E-state index contributed by atoms with van der Waals surface area (Å²) in [7, 11) is 0. The summed E-state index contributed by atoms with van der Waals surface area (Å²) in [6.07, 6.45) is 27.2. The van der Waals surface area contributed by atoms with Crippen LogP contribution in [0.4, 0.5) is 0 Å². The van der Waals surface area contributed by atoms with Gasteiger partial charge in [-0.05, 0) is 134 Å². The maximum Gasteiger partial charge on any atom is -0.00734 e. The minimum Gasteiger partial charge on any atom is -0.0777 e. The van der Waals surface area contributed by atoms with Gasteiger partial charge in [0.2, 0.25) is 0 Å². The number of benzene rings is 2.